The molecular weight excluding hydrogens is 273 g/mol. The summed E-state index contributed by atoms with van der Waals surface area (Å²) in [6.07, 6.45) is 0.138. The molecule has 3 nitrogen and oxygen atoms in total. The Morgan fingerprint density at radius 3 is 2.88 bits per heavy atom. The Morgan fingerprint density at radius 2 is 2.24 bits per heavy atom. The maximum atomic E-state index is 5.78. The first-order valence-electron chi connectivity index (χ1n) is 5.34. The molecule has 1 aliphatic heterocycles. The zero-order chi connectivity index (χ0) is 12.1. The van der Waals surface area contributed by atoms with E-state index in [1.165, 1.54) is 5.56 Å². The number of rotatable bonds is 4. The molecule has 0 N–H and O–H groups in total. The first kappa shape index (κ1) is 13.2. The van der Waals surface area contributed by atoms with E-state index in [2.05, 4.69) is 16.4 Å². The van der Waals surface area contributed by atoms with E-state index < -0.39 is 0 Å². The van der Waals surface area contributed by atoms with Crippen LogP contribution in [0.4, 0.5) is 0 Å². The Labute approximate surface area is 112 Å². The Hall–Kier alpha value is -0.190. The summed E-state index contributed by atoms with van der Waals surface area (Å²) in [6, 6.07) is 8.05. The molecule has 1 unspecified atom stereocenters. The fourth-order valence-electron chi connectivity index (χ4n) is 1.77. The first-order chi connectivity index (χ1) is 8.33. The number of hydrogen-bond donors (Lipinski definition) is 0. The van der Waals surface area contributed by atoms with Gasteiger partial charge in [-0.3, -0.25) is 0 Å². The molecule has 0 aromatic heterocycles. The van der Waals surface area contributed by atoms with Crippen LogP contribution in [0.25, 0.3) is 0 Å². The minimum absolute atomic E-state index is 0.138. The summed E-state index contributed by atoms with van der Waals surface area (Å²) in [5, 5.41) is 0. The van der Waals surface area contributed by atoms with Crippen LogP contribution in [0.2, 0.25) is 0 Å². The molecule has 17 heavy (non-hydrogen) atoms. The van der Waals surface area contributed by atoms with Crippen LogP contribution < -0.4 is 4.74 Å². The summed E-state index contributed by atoms with van der Waals surface area (Å²) in [4.78, 5) is 0. The number of morpholine rings is 1. The van der Waals surface area contributed by atoms with Crippen LogP contribution in [0.3, 0.4) is 0 Å². The molecule has 6 heteroatoms. The third-order valence-electron chi connectivity index (χ3n) is 2.67. The van der Waals surface area contributed by atoms with Gasteiger partial charge in [0, 0.05) is 13.1 Å². The van der Waals surface area contributed by atoms with Gasteiger partial charge in [-0.15, -0.1) is 0 Å². The van der Waals surface area contributed by atoms with E-state index in [-0.39, 0.29) is 6.10 Å². The highest BCUT2D eigenvalue weighted by molar-refractivity contribution is 8.56. The van der Waals surface area contributed by atoms with Crippen molar-refractivity contribution < 1.29 is 9.47 Å². The van der Waals surface area contributed by atoms with Crippen molar-refractivity contribution >= 4 is 29.9 Å². The molecule has 1 aromatic rings. The monoisotopic (exact) mass is 287 g/mol. The van der Waals surface area contributed by atoms with Gasteiger partial charge in [0.15, 0.2) is 0 Å². The molecule has 2 rings (SSSR count). The second-order valence-electron chi connectivity index (χ2n) is 3.68. The van der Waals surface area contributed by atoms with Crippen LogP contribution in [0, 0.1) is 0 Å². The molecule has 1 saturated heterocycles. The van der Waals surface area contributed by atoms with Crippen molar-refractivity contribution in [2.45, 2.75) is 6.10 Å². The average Bonchev–Trinajstić information content (AvgIpc) is 2.40. The Kier molecular flexibility index (Phi) is 5.19. The van der Waals surface area contributed by atoms with Crippen LogP contribution in [-0.2, 0) is 16.5 Å². The van der Waals surface area contributed by atoms with Gasteiger partial charge in [0.25, 0.3) is 0 Å². The summed E-state index contributed by atoms with van der Waals surface area (Å²) < 4.78 is 13.2. The van der Waals surface area contributed by atoms with Gasteiger partial charge >= 0.3 is 0 Å². The van der Waals surface area contributed by atoms with E-state index in [1.807, 2.05) is 12.1 Å². The molecule has 1 heterocycles. The van der Waals surface area contributed by atoms with Gasteiger partial charge in [0.05, 0.1) is 26.4 Å². The van der Waals surface area contributed by atoms with Gasteiger partial charge in [0.1, 0.15) is 5.75 Å². The normalized spacial score (nSPS) is 21.6. The number of benzene rings is 1. The lowest BCUT2D eigenvalue weighted by molar-refractivity contribution is 0.000991. The highest BCUT2D eigenvalue weighted by Crippen LogP contribution is 2.31. The molecule has 1 aliphatic rings. The third-order valence-corrected chi connectivity index (χ3v) is 4.79. The molecule has 92 valence electrons. The number of methoxy groups -OCH3 is 1. The van der Waals surface area contributed by atoms with Gasteiger partial charge in [-0.25, -0.2) is 4.31 Å². The number of ether oxygens (including phenoxy) is 2. The molecule has 0 spiro atoms. The smallest absolute Gasteiger partial charge is 0.118 e. The fraction of sp³-hybridized carbons (Fsp3) is 0.455. The third kappa shape index (κ3) is 3.63. The van der Waals surface area contributed by atoms with Gasteiger partial charge in [-0.2, -0.15) is 0 Å². The first-order valence-corrected chi connectivity index (χ1v) is 8.62. The minimum Gasteiger partial charge on any atom is -0.497 e. The molecule has 0 bridgehead atoms. The van der Waals surface area contributed by atoms with E-state index in [9.17, 15) is 0 Å². The molecule has 0 amide bonds. The molecule has 1 fully saturated rings. The lowest BCUT2D eigenvalue weighted by atomic mass is 10.1. The molecule has 0 radical (unpaired) electrons. The van der Waals surface area contributed by atoms with Crippen molar-refractivity contribution in [2.24, 2.45) is 0 Å². The van der Waals surface area contributed by atoms with Crippen LogP contribution in [-0.4, -0.2) is 31.1 Å². The maximum absolute atomic E-state index is 5.78. The Bertz CT molecular complexity index is 374. The summed E-state index contributed by atoms with van der Waals surface area (Å²) in [7, 11) is 1.67. The van der Waals surface area contributed by atoms with Crippen LogP contribution in [0.1, 0.15) is 11.7 Å². The fourth-order valence-corrected chi connectivity index (χ4v) is 3.80. The number of nitrogens with zero attached hydrogens (tertiary/aromatic N) is 1. The second kappa shape index (κ2) is 6.66. The van der Waals surface area contributed by atoms with Crippen LogP contribution in [0.15, 0.2) is 24.3 Å². The van der Waals surface area contributed by atoms with Gasteiger partial charge in [-0.05, 0) is 41.1 Å². The van der Waals surface area contributed by atoms with Crippen molar-refractivity contribution in [3.63, 3.8) is 0 Å². The summed E-state index contributed by atoms with van der Waals surface area (Å²) in [5.74, 6) is 0.875. The van der Waals surface area contributed by atoms with Crippen molar-refractivity contribution in [1.29, 1.82) is 0 Å². The van der Waals surface area contributed by atoms with E-state index in [0.29, 0.717) is 0 Å². The second-order valence-corrected chi connectivity index (χ2v) is 6.78. The molecule has 0 aliphatic carbocycles. The molecule has 0 saturated carbocycles. The topological polar surface area (TPSA) is 21.7 Å². The highest BCUT2D eigenvalue weighted by Gasteiger charge is 2.21. The maximum Gasteiger partial charge on any atom is 0.118 e. The van der Waals surface area contributed by atoms with Gasteiger partial charge in [0.2, 0.25) is 0 Å². The number of hydrogen-bond acceptors (Lipinski definition) is 5. The van der Waals surface area contributed by atoms with Crippen molar-refractivity contribution in [3.8, 4) is 5.75 Å². The zero-order valence-electron chi connectivity index (χ0n) is 9.54. The van der Waals surface area contributed by atoms with E-state index in [0.717, 1.165) is 32.0 Å². The van der Waals surface area contributed by atoms with Crippen LogP contribution in [0.5, 0.6) is 5.75 Å². The minimum atomic E-state index is 0.138. The molecule has 1 atom stereocenters. The largest absolute Gasteiger partial charge is 0.497 e. The van der Waals surface area contributed by atoms with Crippen LogP contribution >= 0.6 is 18.1 Å². The SMILES string of the molecule is COc1ccc(C2CN(SP=S)CCO2)cc1. The molecular formula is C11H14NO2PS2. The lowest BCUT2D eigenvalue weighted by Gasteiger charge is -2.30. The standard InChI is InChI=1S/C11H14NO2PS2/c1-13-10-4-2-9(3-5-10)11-8-12(17-15-16)6-7-14-11/h2-5,11H,6-8H2,1H3. The predicted octanol–water partition coefficient (Wildman–Crippen LogP) is 3.04. The summed E-state index contributed by atoms with van der Waals surface area (Å²) >= 11 is 6.63. The summed E-state index contributed by atoms with van der Waals surface area (Å²) in [5.41, 5.74) is 1.19. The van der Waals surface area contributed by atoms with E-state index >= 15 is 0 Å². The molecule has 1 aromatic carbocycles. The quantitative estimate of drug-likeness (QED) is 0.625. The Balaban J connectivity index is 2.02. The van der Waals surface area contributed by atoms with Crippen molar-refractivity contribution in [3.05, 3.63) is 29.8 Å². The van der Waals surface area contributed by atoms with Crippen molar-refractivity contribution in [1.82, 2.24) is 4.31 Å². The van der Waals surface area contributed by atoms with Crippen molar-refractivity contribution in [2.75, 3.05) is 26.8 Å². The van der Waals surface area contributed by atoms with Gasteiger partial charge in [-0.1, -0.05) is 12.1 Å². The average molecular weight is 287 g/mol. The predicted molar refractivity (Wildman–Crippen MR) is 75.1 cm³/mol. The lowest BCUT2D eigenvalue weighted by Crippen LogP contribution is -2.32. The van der Waals surface area contributed by atoms with E-state index in [1.54, 1.807) is 18.7 Å². The summed E-state index contributed by atoms with van der Waals surface area (Å²) in [6.45, 7) is 3.52. The van der Waals surface area contributed by atoms with E-state index in [4.69, 9.17) is 21.3 Å². The highest BCUT2D eigenvalue weighted by atomic mass is 32.9. The Morgan fingerprint density at radius 1 is 1.47 bits per heavy atom. The van der Waals surface area contributed by atoms with Gasteiger partial charge < -0.3 is 9.47 Å². The zero-order valence-corrected chi connectivity index (χ0v) is 12.1.